The van der Waals surface area contributed by atoms with Crippen LogP contribution in [0, 0.1) is 5.82 Å². The van der Waals surface area contributed by atoms with Crippen LogP contribution in [-0.4, -0.2) is 5.91 Å². The van der Waals surface area contributed by atoms with Crippen molar-refractivity contribution in [3.8, 4) is 0 Å². The molecule has 4 rings (SSSR count). The number of carbonyl (C=O) groups excluding carboxylic acids is 1. The van der Waals surface area contributed by atoms with E-state index in [2.05, 4.69) is 11.4 Å². The maximum Gasteiger partial charge on any atom is 0.256 e. The first kappa shape index (κ1) is 12.6. The van der Waals surface area contributed by atoms with Gasteiger partial charge in [-0.25, -0.2) is 4.39 Å². The van der Waals surface area contributed by atoms with E-state index >= 15 is 0 Å². The van der Waals surface area contributed by atoms with E-state index < -0.39 is 0 Å². The second-order valence-electron chi connectivity index (χ2n) is 5.91. The number of rotatable bonds is 1. The summed E-state index contributed by atoms with van der Waals surface area (Å²) in [5.74, 6) is -0.581. The van der Waals surface area contributed by atoms with Crippen molar-refractivity contribution in [1.82, 2.24) is 0 Å². The van der Waals surface area contributed by atoms with Crippen LogP contribution in [0.15, 0.2) is 47.1 Å². The lowest BCUT2D eigenvalue weighted by Gasteiger charge is -2.12. The molecule has 0 fully saturated rings. The first-order chi connectivity index (χ1) is 10.2. The number of anilines is 1. The number of hydrogen-bond donors (Lipinski definition) is 1. The van der Waals surface area contributed by atoms with E-state index in [4.69, 9.17) is 0 Å². The Morgan fingerprint density at radius 1 is 1.19 bits per heavy atom. The Morgan fingerprint density at radius 2 is 2.05 bits per heavy atom. The van der Waals surface area contributed by atoms with Crippen LogP contribution in [0.5, 0.6) is 0 Å². The number of halogens is 1. The fourth-order valence-electron chi connectivity index (χ4n) is 3.49. The highest BCUT2D eigenvalue weighted by Gasteiger charge is 2.27. The molecule has 0 saturated carbocycles. The zero-order valence-electron chi connectivity index (χ0n) is 11.7. The van der Waals surface area contributed by atoms with E-state index in [0.717, 1.165) is 12.8 Å². The van der Waals surface area contributed by atoms with E-state index in [-0.39, 0.29) is 11.7 Å². The Bertz CT molecular complexity index is 740. The molecule has 0 aromatic heterocycles. The molecular formula is C18H16FNO. The number of para-hydroxylation sites is 1. The molecule has 21 heavy (non-hydrogen) atoms. The molecule has 0 bridgehead atoms. The van der Waals surface area contributed by atoms with Gasteiger partial charge in [0.15, 0.2) is 0 Å². The molecule has 1 heterocycles. The summed E-state index contributed by atoms with van der Waals surface area (Å²) in [4.78, 5) is 12.1. The van der Waals surface area contributed by atoms with Crippen molar-refractivity contribution in [3.05, 3.63) is 58.5 Å². The van der Waals surface area contributed by atoms with Gasteiger partial charge in [0.2, 0.25) is 0 Å². The Balaban J connectivity index is 1.69. The van der Waals surface area contributed by atoms with Crippen LogP contribution in [-0.2, 0) is 4.79 Å². The third-order valence-corrected chi connectivity index (χ3v) is 4.52. The predicted octanol–water partition coefficient (Wildman–Crippen LogP) is 4.36. The minimum Gasteiger partial charge on any atom is -0.319 e. The topological polar surface area (TPSA) is 29.1 Å². The molecule has 1 amide bonds. The highest BCUT2D eigenvalue weighted by molar-refractivity contribution is 6.31. The van der Waals surface area contributed by atoms with Crippen molar-refractivity contribution in [1.29, 1.82) is 0 Å². The number of allylic oxidation sites excluding steroid dienone is 5. The number of carbonyl (C=O) groups is 1. The molecule has 0 unspecified atom stereocenters. The minimum atomic E-state index is -0.373. The van der Waals surface area contributed by atoms with Crippen molar-refractivity contribution in [2.45, 2.75) is 32.1 Å². The van der Waals surface area contributed by atoms with E-state index in [1.54, 1.807) is 12.1 Å². The van der Waals surface area contributed by atoms with E-state index in [1.165, 1.54) is 42.0 Å². The fourth-order valence-corrected chi connectivity index (χ4v) is 3.49. The molecule has 0 saturated heterocycles. The Kier molecular flexibility index (Phi) is 2.81. The lowest BCUT2D eigenvalue weighted by molar-refractivity contribution is -0.110. The summed E-state index contributed by atoms with van der Waals surface area (Å²) < 4.78 is 13.7. The molecule has 0 radical (unpaired) electrons. The maximum absolute atomic E-state index is 13.7. The number of hydrogen-bond acceptors (Lipinski definition) is 1. The van der Waals surface area contributed by atoms with Gasteiger partial charge in [0, 0.05) is 11.1 Å². The maximum atomic E-state index is 13.7. The van der Waals surface area contributed by atoms with Gasteiger partial charge in [-0.3, -0.25) is 4.79 Å². The Morgan fingerprint density at radius 3 is 2.90 bits per heavy atom. The van der Waals surface area contributed by atoms with E-state index in [1.807, 2.05) is 6.08 Å². The van der Waals surface area contributed by atoms with Gasteiger partial charge in [-0.1, -0.05) is 23.8 Å². The summed E-state index contributed by atoms with van der Waals surface area (Å²) in [5.41, 5.74) is 5.70. The number of nitrogens with one attached hydrogen (secondary N) is 1. The standard InChI is InChI=1S/C18H16FNO/c19-16-7-3-6-14-15(18(21)20-17(14)16)10-11-8-12-4-1-2-5-13(12)9-11/h3,6-8,10H,1-2,4-5,9H2,(H,20,21). The molecular weight excluding hydrogens is 265 g/mol. The van der Waals surface area contributed by atoms with Crippen LogP contribution < -0.4 is 5.32 Å². The Labute approximate surface area is 123 Å². The predicted molar refractivity (Wildman–Crippen MR) is 81.2 cm³/mol. The second-order valence-corrected chi connectivity index (χ2v) is 5.91. The van der Waals surface area contributed by atoms with Crippen LogP contribution >= 0.6 is 0 Å². The molecule has 3 aliphatic rings. The molecule has 1 aromatic rings. The van der Waals surface area contributed by atoms with Crippen LogP contribution in [0.4, 0.5) is 10.1 Å². The molecule has 0 atom stereocenters. The quantitative estimate of drug-likeness (QED) is 0.761. The van der Waals surface area contributed by atoms with Crippen molar-refractivity contribution < 1.29 is 9.18 Å². The number of fused-ring (bicyclic) bond motifs is 1. The highest BCUT2D eigenvalue weighted by atomic mass is 19.1. The lowest BCUT2D eigenvalue weighted by Crippen LogP contribution is -2.04. The van der Waals surface area contributed by atoms with Gasteiger partial charge in [0.1, 0.15) is 5.82 Å². The zero-order valence-corrected chi connectivity index (χ0v) is 11.7. The summed E-state index contributed by atoms with van der Waals surface area (Å²) in [7, 11) is 0. The molecule has 2 nitrogen and oxygen atoms in total. The van der Waals surface area contributed by atoms with Crippen LogP contribution in [0.25, 0.3) is 5.57 Å². The lowest BCUT2D eigenvalue weighted by atomic mass is 9.93. The molecule has 0 spiro atoms. The third-order valence-electron chi connectivity index (χ3n) is 4.52. The normalized spacial score (nSPS) is 22.2. The largest absolute Gasteiger partial charge is 0.319 e. The van der Waals surface area contributed by atoms with Crippen LogP contribution in [0.1, 0.15) is 37.7 Å². The summed E-state index contributed by atoms with van der Waals surface area (Å²) in [6, 6.07) is 4.82. The average Bonchev–Trinajstić information content (AvgIpc) is 3.02. The third kappa shape index (κ3) is 2.04. The highest BCUT2D eigenvalue weighted by Crippen LogP contribution is 2.39. The molecule has 1 N–H and O–H groups in total. The van der Waals surface area contributed by atoms with Gasteiger partial charge in [-0.2, -0.15) is 0 Å². The average molecular weight is 281 g/mol. The summed E-state index contributed by atoms with van der Waals surface area (Å²) >= 11 is 0. The first-order valence-electron chi connectivity index (χ1n) is 7.46. The van der Waals surface area contributed by atoms with Gasteiger partial charge >= 0.3 is 0 Å². The Hall–Kier alpha value is -2.16. The van der Waals surface area contributed by atoms with E-state index in [0.29, 0.717) is 16.8 Å². The van der Waals surface area contributed by atoms with Gasteiger partial charge < -0.3 is 5.32 Å². The van der Waals surface area contributed by atoms with Crippen molar-refractivity contribution in [2.24, 2.45) is 0 Å². The molecule has 3 heteroatoms. The summed E-state index contributed by atoms with van der Waals surface area (Å²) in [5, 5.41) is 2.63. The monoisotopic (exact) mass is 281 g/mol. The fraction of sp³-hybridized carbons (Fsp3) is 0.278. The van der Waals surface area contributed by atoms with Gasteiger partial charge in [0.25, 0.3) is 5.91 Å². The molecule has 1 aromatic carbocycles. The van der Waals surface area contributed by atoms with Gasteiger partial charge in [-0.05, 0) is 55.4 Å². The first-order valence-corrected chi connectivity index (χ1v) is 7.46. The molecule has 106 valence electrons. The smallest absolute Gasteiger partial charge is 0.256 e. The molecule has 1 aliphatic heterocycles. The number of benzene rings is 1. The van der Waals surface area contributed by atoms with E-state index in [9.17, 15) is 9.18 Å². The van der Waals surface area contributed by atoms with Crippen molar-refractivity contribution in [3.63, 3.8) is 0 Å². The minimum absolute atomic E-state index is 0.208. The summed E-state index contributed by atoms with van der Waals surface area (Å²) in [6.45, 7) is 0. The summed E-state index contributed by atoms with van der Waals surface area (Å²) in [6.07, 6.45) is 9.94. The SMILES string of the molecule is O=C1Nc2c(F)cccc2C1=CC1=CC2=C(CCCC2)C1. The van der Waals surface area contributed by atoms with Crippen molar-refractivity contribution in [2.75, 3.05) is 5.32 Å². The zero-order chi connectivity index (χ0) is 14.4. The number of amides is 1. The second kappa shape index (κ2) is 4.69. The van der Waals surface area contributed by atoms with Gasteiger partial charge in [-0.15, -0.1) is 0 Å². The van der Waals surface area contributed by atoms with Gasteiger partial charge in [0.05, 0.1) is 5.69 Å². The van der Waals surface area contributed by atoms with Crippen LogP contribution in [0.3, 0.4) is 0 Å². The van der Waals surface area contributed by atoms with Crippen molar-refractivity contribution >= 4 is 17.2 Å². The molecule has 2 aliphatic carbocycles. The van der Waals surface area contributed by atoms with Crippen LogP contribution in [0.2, 0.25) is 0 Å².